The second-order valence-electron chi connectivity index (χ2n) is 2.47. The number of hydrogen-bond acceptors (Lipinski definition) is 3. The maximum atomic E-state index is 10.6. The summed E-state index contributed by atoms with van der Waals surface area (Å²) in [5.74, 6) is -1.12. The third-order valence-corrected chi connectivity index (χ3v) is 1.60. The van der Waals surface area contributed by atoms with Gasteiger partial charge in [0.2, 0.25) is 0 Å². The predicted octanol–water partition coefficient (Wildman–Crippen LogP) is -3.23. The van der Waals surface area contributed by atoms with E-state index in [1.165, 1.54) is 0 Å². The molecule has 1 N–H and O–H groups in total. The molecule has 3 nitrogen and oxygen atoms in total. The van der Waals surface area contributed by atoms with Crippen molar-refractivity contribution in [2.45, 2.75) is 6.54 Å². The van der Waals surface area contributed by atoms with Gasteiger partial charge < -0.3 is 15.2 Å². The standard InChI is InChI=1S/C9H11NO2.K/c1-10-6-7-4-2-3-5-8(7)9(11)12;/h2-5,10H,6H2,1H3,(H,11,12);/q;+1/p-1. The average molecular weight is 203 g/mol. The molecule has 0 amide bonds. The number of carboxylic acid groups (broad SMARTS) is 1. The first-order valence-corrected chi connectivity index (χ1v) is 3.69. The van der Waals surface area contributed by atoms with Crippen LogP contribution in [-0.4, -0.2) is 13.0 Å². The summed E-state index contributed by atoms with van der Waals surface area (Å²) in [4.78, 5) is 10.6. The molecule has 64 valence electrons. The number of rotatable bonds is 3. The van der Waals surface area contributed by atoms with Crippen LogP contribution in [0.1, 0.15) is 15.9 Å². The molecule has 0 radical (unpaired) electrons. The summed E-state index contributed by atoms with van der Waals surface area (Å²) >= 11 is 0. The fourth-order valence-corrected chi connectivity index (χ4v) is 1.06. The fraction of sp³-hybridized carbons (Fsp3) is 0.222. The Hall–Kier alpha value is 0.286. The molecule has 0 saturated heterocycles. The van der Waals surface area contributed by atoms with E-state index < -0.39 is 5.97 Å². The van der Waals surface area contributed by atoms with Crippen LogP contribution in [0.4, 0.5) is 0 Å². The van der Waals surface area contributed by atoms with E-state index in [0.717, 1.165) is 5.56 Å². The predicted molar refractivity (Wildman–Crippen MR) is 43.5 cm³/mol. The molecule has 0 fully saturated rings. The Morgan fingerprint density at radius 1 is 1.46 bits per heavy atom. The van der Waals surface area contributed by atoms with Gasteiger partial charge in [0.15, 0.2) is 0 Å². The zero-order chi connectivity index (χ0) is 8.97. The maximum absolute atomic E-state index is 10.6. The van der Waals surface area contributed by atoms with Gasteiger partial charge in [0.05, 0.1) is 5.97 Å². The van der Waals surface area contributed by atoms with Crippen molar-refractivity contribution in [2.75, 3.05) is 7.05 Å². The van der Waals surface area contributed by atoms with E-state index in [9.17, 15) is 9.90 Å². The Labute approximate surface area is 120 Å². The van der Waals surface area contributed by atoms with Gasteiger partial charge in [0, 0.05) is 12.1 Å². The quantitative estimate of drug-likeness (QED) is 0.526. The molecule has 0 unspecified atom stereocenters. The Kier molecular flexibility index (Phi) is 6.85. The van der Waals surface area contributed by atoms with Gasteiger partial charge in [-0.05, 0) is 12.6 Å². The zero-order valence-corrected chi connectivity index (χ0v) is 11.0. The molecule has 4 heteroatoms. The molecular weight excluding hydrogens is 193 g/mol. The van der Waals surface area contributed by atoms with Crippen molar-refractivity contribution in [3.05, 3.63) is 35.4 Å². The summed E-state index contributed by atoms with van der Waals surface area (Å²) in [5, 5.41) is 13.4. The molecule has 1 rings (SSSR count). The van der Waals surface area contributed by atoms with Crippen LogP contribution in [-0.2, 0) is 6.54 Å². The van der Waals surface area contributed by atoms with Crippen LogP contribution < -0.4 is 61.8 Å². The van der Waals surface area contributed by atoms with Crippen LogP contribution in [0.5, 0.6) is 0 Å². The molecule has 0 aromatic heterocycles. The Morgan fingerprint density at radius 3 is 2.62 bits per heavy atom. The van der Waals surface area contributed by atoms with E-state index in [-0.39, 0.29) is 56.9 Å². The monoisotopic (exact) mass is 203 g/mol. The van der Waals surface area contributed by atoms with Crippen LogP contribution in [0, 0.1) is 0 Å². The zero-order valence-electron chi connectivity index (χ0n) is 7.83. The number of benzene rings is 1. The van der Waals surface area contributed by atoms with Crippen molar-refractivity contribution in [3.8, 4) is 0 Å². The number of nitrogens with one attached hydrogen (secondary N) is 1. The molecule has 1 aromatic carbocycles. The van der Waals surface area contributed by atoms with Crippen molar-refractivity contribution in [1.29, 1.82) is 0 Å². The molecule has 0 heterocycles. The second kappa shape index (κ2) is 6.70. The number of carbonyl (C=O) groups is 1. The molecule has 0 aliphatic carbocycles. The summed E-state index contributed by atoms with van der Waals surface area (Å²) in [6, 6.07) is 6.80. The summed E-state index contributed by atoms with van der Waals surface area (Å²) < 4.78 is 0. The van der Waals surface area contributed by atoms with Gasteiger partial charge in [-0.3, -0.25) is 0 Å². The third kappa shape index (κ3) is 3.89. The van der Waals surface area contributed by atoms with E-state index in [0.29, 0.717) is 6.54 Å². The Morgan fingerprint density at radius 2 is 2.08 bits per heavy atom. The minimum Gasteiger partial charge on any atom is -0.545 e. The minimum absolute atomic E-state index is 0. The van der Waals surface area contributed by atoms with Crippen molar-refractivity contribution < 1.29 is 61.3 Å². The van der Waals surface area contributed by atoms with Gasteiger partial charge in [-0.15, -0.1) is 0 Å². The second-order valence-corrected chi connectivity index (χ2v) is 2.47. The number of carbonyl (C=O) groups excluding carboxylic acids is 1. The summed E-state index contributed by atoms with van der Waals surface area (Å²) in [6.07, 6.45) is 0. The van der Waals surface area contributed by atoms with Crippen LogP contribution in [0.3, 0.4) is 0 Å². The average Bonchev–Trinajstić information content (AvgIpc) is 2.05. The van der Waals surface area contributed by atoms with E-state index in [1.807, 2.05) is 0 Å². The van der Waals surface area contributed by atoms with E-state index in [4.69, 9.17) is 0 Å². The van der Waals surface area contributed by atoms with Crippen LogP contribution >= 0.6 is 0 Å². The van der Waals surface area contributed by atoms with Crippen molar-refractivity contribution >= 4 is 5.97 Å². The summed E-state index contributed by atoms with van der Waals surface area (Å²) in [6.45, 7) is 0.546. The van der Waals surface area contributed by atoms with E-state index >= 15 is 0 Å². The van der Waals surface area contributed by atoms with Gasteiger partial charge in [0.25, 0.3) is 0 Å². The largest absolute Gasteiger partial charge is 1.00 e. The van der Waals surface area contributed by atoms with Gasteiger partial charge in [0.1, 0.15) is 0 Å². The molecule has 0 atom stereocenters. The van der Waals surface area contributed by atoms with Crippen LogP contribution in [0.25, 0.3) is 0 Å². The molecule has 13 heavy (non-hydrogen) atoms. The molecule has 0 saturated carbocycles. The van der Waals surface area contributed by atoms with Crippen LogP contribution in [0.2, 0.25) is 0 Å². The summed E-state index contributed by atoms with van der Waals surface area (Å²) in [5.41, 5.74) is 1.01. The molecule has 0 spiro atoms. The first-order valence-electron chi connectivity index (χ1n) is 3.69. The van der Waals surface area contributed by atoms with Crippen molar-refractivity contribution in [1.82, 2.24) is 5.32 Å². The topological polar surface area (TPSA) is 52.2 Å². The van der Waals surface area contributed by atoms with Crippen LogP contribution in [0.15, 0.2) is 24.3 Å². The maximum Gasteiger partial charge on any atom is 1.00 e. The molecule has 1 aromatic rings. The summed E-state index contributed by atoms with van der Waals surface area (Å²) in [7, 11) is 1.77. The van der Waals surface area contributed by atoms with Crippen molar-refractivity contribution in [3.63, 3.8) is 0 Å². The molecular formula is C9H10KNO2. The molecule has 0 bridgehead atoms. The number of aromatic carboxylic acids is 1. The van der Waals surface area contributed by atoms with Gasteiger partial charge in [-0.2, -0.15) is 0 Å². The fourth-order valence-electron chi connectivity index (χ4n) is 1.06. The minimum atomic E-state index is -1.12. The van der Waals surface area contributed by atoms with Gasteiger partial charge in [-0.25, -0.2) is 0 Å². The first kappa shape index (κ1) is 13.3. The number of carboxylic acids is 1. The third-order valence-electron chi connectivity index (χ3n) is 1.60. The number of hydrogen-bond donors (Lipinski definition) is 1. The normalized spacial score (nSPS) is 9.00. The van der Waals surface area contributed by atoms with Gasteiger partial charge in [-0.1, -0.05) is 24.3 Å². The van der Waals surface area contributed by atoms with Crippen molar-refractivity contribution in [2.24, 2.45) is 0 Å². The van der Waals surface area contributed by atoms with E-state index in [2.05, 4.69) is 5.32 Å². The Bertz CT molecular complexity index is 289. The molecule has 0 aliphatic heterocycles. The smallest absolute Gasteiger partial charge is 0.545 e. The van der Waals surface area contributed by atoms with E-state index in [1.54, 1.807) is 31.3 Å². The van der Waals surface area contributed by atoms with Gasteiger partial charge >= 0.3 is 51.4 Å². The molecule has 0 aliphatic rings. The SMILES string of the molecule is CNCc1ccccc1C(=O)[O-].[K+]. The Balaban J connectivity index is 0.00000144. The first-order chi connectivity index (χ1) is 5.75.